The summed E-state index contributed by atoms with van der Waals surface area (Å²) in [5, 5.41) is 16.9. The number of nitrogens with one attached hydrogen (secondary N) is 1. The molecule has 0 unspecified atom stereocenters. The van der Waals surface area contributed by atoms with E-state index in [9.17, 15) is 19.7 Å². The van der Waals surface area contributed by atoms with E-state index in [2.05, 4.69) is 10.5 Å². The van der Waals surface area contributed by atoms with Crippen LogP contribution >= 0.6 is 0 Å². The quantitative estimate of drug-likeness (QED) is 0.113. The van der Waals surface area contributed by atoms with Crippen LogP contribution in [0.5, 0.6) is 11.5 Å². The van der Waals surface area contributed by atoms with E-state index in [-0.39, 0.29) is 29.3 Å². The molecule has 4 aromatic carbocycles. The minimum atomic E-state index is -0.682. The Morgan fingerprint density at radius 1 is 0.973 bits per heavy atom. The summed E-state index contributed by atoms with van der Waals surface area (Å²) >= 11 is 0. The fourth-order valence-electron chi connectivity index (χ4n) is 3.67. The van der Waals surface area contributed by atoms with Gasteiger partial charge in [-0.2, -0.15) is 5.10 Å². The Balaban J connectivity index is 1.41. The maximum absolute atomic E-state index is 12.5. The Labute approximate surface area is 212 Å². The molecule has 0 saturated carbocycles. The van der Waals surface area contributed by atoms with Crippen LogP contribution in [-0.4, -0.2) is 29.6 Å². The monoisotopic (exact) mass is 497 g/mol. The van der Waals surface area contributed by atoms with Crippen molar-refractivity contribution in [1.29, 1.82) is 0 Å². The first-order valence-corrected chi connectivity index (χ1v) is 11.5. The van der Waals surface area contributed by atoms with Gasteiger partial charge in [0.15, 0.2) is 11.5 Å². The van der Waals surface area contributed by atoms with Crippen molar-refractivity contribution in [3.63, 3.8) is 0 Å². The van der Waals surface area contributed by atoms with E-state index in [1.54, 1.807) is 25.1 Å². The summed E-state index contributed by atoms with van der Waals surface area (Å²) < 4.78 is 11.0. The van der Waals surface area contributed by atoms with Crippen molar-refractivity contribution in [2.45, 2.75) is 13.3 Å². The lowest BCUT2D eigenvalue weighted by Gasteiger charge is -2.11. The molecule has 1 N–H and O–H groups in total. The molecule has 0 aliphatic heterocycles. The van der Waals surface area contributed by atoms with Gasteiger partial charge in [-0.1, -0.05) is 42.5 Å². The second-order valence-electron chi connectivity index (χ2n) is 7.94. The van der Waals surface area contributed by atoms with E-state index in [0.717, 1.165) is 16.3 Å². The first-order chi connectivity index (χ1) is 17.9. The Kier molecular flexibility index (Phi) is 7.85. The highest BCUT2D eigenvalue weighted by Crippen LogP contribution is 2.29. The second kappa shape index (κ2) is 11.6. The van der Waals surface area contributed by atoms with Gasteiger partial charge in [0.05, 0.1) is 29.7 Å². The molecule has 0 atom stereocenters. The number of carbonyl (C=O) groups excluding carboxylic acids is 2. The van der Waals surface area contributed by atoms with Crippen molar-refractivity contribution in [3.8, 4) is 11.5 Å². The third-order valence-electron chi connectivity index (χ3n) is 5.42. The highest BCUT2D eigenvalue weighted by Gasteiger charge is 2.15. The molecule has 9 nitrogen and oxygen atoms in total. The number of rotatable bonds is 9. The van der Waals surface area contributed by atoms with Crippen molar-refractivity contribution >= 4 is 34.6 Å². The Hall–Kier alpha value is -5.05. The topological polar surface area (TPSA) is 120 Å². The van der Waals surface area contributed by atoms with Crippen LogP contribution in [0, 0.1) is 10.1 Å². The summed E-state index contributed by atoms with van der Waals surface area (Å²) in [4.78, 5) is 35.2. The van der Waals surface area contributed by atoms with Crippen molar-refractivity contribution in [2.75, 3.05) is 6.61 Å². The number of esters is 1. The lowest BCUT2D eigenvalue weighted by Crippen LogP contribution is -2.19. The fraction of sp³-hybridized carbons (Fsp3) is 0.107. The SMILES string of the molecule is CCOc1cc(/C=N\NC(=O)Cc2cccc3ccccc23)ccc1OC(=O)c1ccc([N+](=O)[O-])cc1. The van der Waals surface area contributed by atoms with Crippen LogP contribution in [0.4, 0.5) is 5.69 Å². The Morgan fingerprint density at radius 2 is 1.73 bits per heavy atom. The van der Waals surface area contributed by atoms with E-state index in [4.69, 9.17) is 9.47 Å². The predicted molar refractivity (Wildman–Crippen MR) is 139 cm³/mol. The zero-order valence-corrected chi connectivity index (χ0v) is 19.9. The van der Waals surface area contributed by atoms with Gasteiger partial charge in [-0.05, 0) is 59.2 Å². The number of nitro groups is 1. The van der Waals surface area contributed by atoms with Gasteiger partial charge in [-0.25, -0.2) is 10.2 Å². The van der Waals surface area contributed by atoms with Crippen LogP contribution in [0.1, 0.15) is 28.4 Å². The van der Waals surface area contributed by atoms with E-state index in [1.165, 1.54) is 30.5 Å². The van der Waals surface area contributed by atoms with Gasteiger partial charge in [0.25, 0.3) is 5.69 Å². The molecule has 0 heterocycles. The van der Waals surface area contributed by atoms with Crippen LogP contribution in [0.25, 0.3) is 10.8 Å². The fourth-order valence-corrected chi connectivity index (χ4v) is 3.67. The summed E-state index contributed by atoms with van der Waals surface area (Å²) in [7, 11) is 0. The number of benzene rings is 4. The highest BCUT2D eigenvalue weighted by molar-refractivity contribution is 5.92. The normalized spacial score (nSPS) is 10.8. The minimum Gasteiger partial charge on any atom is -0.490 e. The summed E-state index contributed by atoms with van der Waals surface area (Å²) in [6, 6.07) is 23.6. The molecule has 0 aliphatic carbocycles. The number of nitro benzene ring substituents is 1. The van der Waals surface area contributed by atoms with Crippen molar-refractivity contribution in [1.82, 2.24) is 5.43 Å². The van der Waals surface area contributed by atoms with E-state index in [0.29, 0.717) is 17.9 Å². The molecule has 1 amide bonds. The second-order valence-corrected chi connectivity index (χ2v) is 7.94. The maximum Gasteiger partial charge on any atom is 0.343 e. The van der Waals surface area contributed by atoms with E-state index < -0.39 is 10.9 Å². The molecule has 0 spiro atoms. The predicted octanol–water partition coefficient (Wildman–Crippen LogP) is 5.06. The number of hydrazone groups is 1. The maximum atomic E-state index is 12.5. The van der Waals surface area contributed by atoms with Gasteiger partial charge in [-0.15, -0.1) is 0 Å². The zero-order chi connectivity index (χ0) is 26.2. The molecule has 0 aromatic heterocycles. The number of ether oxygens (including phenoxy) is 2. The standard InChI is InChI=1S/C28H23N3O6/c1-2-36-26-16-19(10-15-25(26)37-28(33)21-11-13-23(14-12-21)31(34)35)18-29-30-27(32)17-22-8-5-7-20-6-3-4-9-24(20)22/h3-16,18H,2,17H2,1H3,(H,30,32)/b29-18-. The van der Waals surface area contributed by atoms with Crippen LogP contribution in [0.2, 0.25) is 0 Å². The summed E-state index contributed by atoms with van der Waals surface area (Å²) in [6.45, 7) is 2.11. The average Bonchev–Trinajstić information content (AvgIpc) is 2.90. The first-order valence-electron chi connectivity index (χ1n) is 11.5. The number of carbonyl (C=O) groups is 2. The number of hydrogen-bond acceptors (Lipinski definition) is 7. The van der Waals surface area contributed by atoms with Crippen LogP contribution < -0.4 is 14.9 Å². The number of amides is 1. The Morgan fingerprint density at radius 3 is 2.49 bits per heavy atom. The van der Waals surface area contributed by atoms with E-state index in [1.807, 2.05) is 42.5 Å². The molecule has 0 fully saturated rings. The summed E-state index contributed by atoms with van der Waals surface area (Å²) in [5.41, 5.74) is 4.09. The number of fused-ring (bicyclic) bond motifs is 1. The molecule has 186 valence electrons. The molecule has 0 aliphatic rings. The van der Waals surface area contributed by atoms with Gasteiger partial charge in [0, 0.05) is 12.1 Å². The van der Waals surface area contributed by atoms with Crippen molar-refractivity contribution in [3.05, 3.63) is 112 Å². The van der Waals surface area contributed by atoms with Gasteiger partial charge in [0.2, 0.25) is 5.91 Å². The van der Waals surface area contributed by atoms with Gasteiger partial charge in [-0.3, -0.25) is 14.9 Å². The summed E-state index contributed by atoms with van der Waals surface area (Å²) in [5.74, 6) is -0.449. The van der Waals surface area contributed by atoms with Crippen LogP contribution in [0.15, 0.2) is 90.0 Å². The average molecular weight is 498 g/mol. The van der Waals surface area contributed by atoms with Gasteiger partial charge in [0.1, 0.15) is 0 Å². The van der Waals surface area contributed by atoms with Gasteiger partial charge < -0.3 is 9.47 Å². The third kappa shape index (κ3) is 6.34. The lowest BCUT2D eigenvalue weighted by molar-refractivity contribution is -0.384. The smallest absolute Gasteiger partial charge is 0.343 e. The number of nitrogens with zero attached hydrogens (tertiary/aromatic N) is 2. The van der Waals surface area contributed by atoms with Crippen LogP contribution in [0.3, 0.4) is 0 Å². The molecule has 37 heavy (non-hydrogen) atoms. The molecule has 0 bridgehead atoms. The van der Waals surface area contributed by atoms with Crippen LogP contribution in [-0.2, 0) is 11.2 Å². The molecule has 4 rings (SSSR count). The minimum absolute atomic E-state index is 0.126. The lowest BCUT2D eigenvalue weighted by atomic mass is 10.0. The Bertz CT molecular complexity index is 1480. The first kappa shape index (κ1) is 25.1. The highest BCUT2D eigenvalue weighted by atomic mass is 16.6. The molecule has 0 saturated heterocycles. The molecular weight excluding hydrogens is 474 g/mol. The zero-order valence-electron chi connectivity index (χ0n) is 19.9. The van der Waals surface area contributed by atoms with Crippen molar-refractivity contribution < 1.29 is 24.0 Å². The summed E-state index contributed by atoms with van der Waals surface area (Å²) in [6.07, 6.45) is 1.64. The largest absolute Gasteiger partial charge is 0.490 e. The third-order valence-corrected chi connectivity index (χ3v) is 5.42. The number of hydrogen-bond donors (Lipinski definition) is 1. The molecular formula is C28H23N3O6. The van der Waals surface area contributed by atoms with E-state index >= 15 is 0 Å². The molecule has 4 aromatic rings. The van der Waals surface area contributed by atoms with Gasteiger partial charge >= 0.3 is 5.97 Å². The number of non-ortho nitro benzene ring substituents is 1. The molecule has 0 radical (unpaired) electrons. The molecule has 9 heteroatoms. The van der Waals surface area contributed by atoms with Crippen molar-refractivity contribution in [2.24, 2.45) is 5.10 Å².